The van der Waals surface area contributed by atoms with E-state index in [1.54, 1.807) is 0 Å². The Balaban J connectivity index is 4.06. The minimum absolute atomic E-state index is 0.333. The molecule has 0 spiro atoms. The normalized spacial score (nSPS) is 14.1. The fourth-order valence-electron chi connectivity index (χ4n) is 1.28. The summed E-state index contributed by atoms with van der Waals surface area (Å²) in [6.07, 6.45) is 4.04. The van der Waals surface area contributed by atoms with E-state index in [4.69, 9.17) is 17.2 Å². The first-order valence-electron chi connectivity index (χ1n) is 5.57. The molecule has 100 valence electrons. The third-order valence-electron chi connectivity index (χ3n) is 2.30. The molecule has 6 nitrogen and oxygen atoms in total. The van der Waals surface area contributed by atoms with Crippen molar-refractivity contribution in [3.05, 3.63) is 0 Å². The van der Waals surface area contributed by atoms with E-state index < -0.39 is 18.0 Å². The van der Waals surface area contributed by atoms with Gasteiger partial charge in [0.25, 0.3) is 0 Å². The maximum Gasteiger partial charge on any atom is 0.240 e. The summed E-state index contributed by atoms with van der Waals surface area (Å²) in [5, 5.41) is 2.55. The van der Waals surface area contributed by atoms with Crippen molar-refractivity contribution in [2.24, 2.45) is 17.2 Å². The second kappa shape index (κ2) is 9.26. The molecule has 0 aliphatic rings. The van der Waals surface area contributed by atoms with Gasteiger partial charge in [0.2, 0.25) is 11.8 Å². The molecule has 0 saturated carbocycles. The first-order valence-corrected chi connectivity index (χ1v) is 6.96. The van der Waals surface area contributed by atoms with Crippen molar-refractivity contribution in [2.75, 3.05) is 18.6 Å². The van der Waals surface area contributed by atoms with Gasteiger partial charge in [-0.3, -0.25) is 9.59 Å². The molecule has 2 atom stereocenters. The summed E-state index contributed by atoms with van der Waals surface area (Å²) >= 11 is 1.44. The van der Waals surface area contributed by atoms with Crippen molar-refractivity contribution < 1.29 is 9.59 Å². The van der Waals surface area contributed by atoms with Crippen LogP contribution in [0.25, 0.3) is 0 Å². The van der Waals surface area contributed by atoms with Gasteiger partial charge in [0.05, 0.1) is 6.04 Å². The number of carbonyl (C=O) groups is 2. The molecule has 0 radical (unpaired) electrons. The van der Waals surface area contributed by atoms with Gasteiger partial charge in [0, 0.05) is 5.75 Å². The van der Waals surface area contributed by atoms with E-state index in [1.807, 2.05) is 6.26 Å². The van der Waals surface area contributed by atoms with Gasteiger partial charge in [0.1, 0.15) is 6.04 Å². The zero-order chi connectivity index (χ0) is 13.3. The van der Waals surface area contributed by atoms with Crippen molar-refractivity contribution in [3.63, 3.8) is 0 Å². The Kier molecular flexibility index (Phi) is 8.83. The van der Waals surface area contributed by atoms with Crippen LogP contribution in [0.5, 0.6) is 0 Å². The van der Waals surface area contributed by atoms with E-state index in [2.05, 4.69) is 5.32 Å². The van der Waals surface area contributed by atoms with Crippen molar-refractivity contribution in [2.45, 2.75) is 31.3 Å². The van der Waals surface area contributed by atoms with Crippen molar-refractivity contribution >= 4 is 23.6 Å². The third-order valence-corrected chi connectivity index (χ3v) is 2.97. The number of carbonyl (C=O) groups excluding carboxylic acids is 2. The second-order valence-electron chi connectivity index (χ2n) is 3.81. The number of nitrogens with two attached hydrogens (primary N) is 3. The van der Waals surface area contributed by atoms with Crippen LogP contribution in [0.15, 0.2) is 0 Å². The Hall–Kier alpha value is -0.790. The quantitative estimate of drug-likeness (QED) is 0.388. The van der Waals surface area contributed by atoms with E-state index in [9.17, 15) is 9.59 Å². The van der Waals surface area contributed by atoms with Gasteiger partial charge in [-0.1, -0.05) is 6.42 Å². The summed E-state index contributed by atoms with van der Waals surface area (Å²) in [4.78, 5) is 22.7. The summed E-state index contributed by atoms with van der Waals surface area (Å²) in [7, 11) is 0. The van der Waals surface area contributed by atoms with Gasteiger partial charge in [-0.2, -0.15) is 11.8 Å². The number of rotatable bonds is 9. The van der Waals surface area contributed by atoms with E-state index >= 15 is 0 Å². The van der Waals surface area contributed by atoms with Crippen molar-refractivity contribution in [1.29, 1.82) is 0 Å². The lowest BCUT2D eigenvalue weighted by Crippen LogP contribution is -2.51. The topological polar surface area (TPSA) is 124 Å². The van der Waals surface area contributed by atoms with Gasteiger partial charge in [-0.05, 0) is 25.6 Å². The van der Waals surface area contributed by atoms with Crippen LogP contribution >= 0.6 is 11.8 Å². The van der Waals surface area contributed by atoms with Crippen LogP contribution in [0.1, 0.15) is 19.3 Å². The highest BCUT2D eigenvalue weighted by Crippen LogP contribution is 2.01. The molecule has 0 rings (SSSR count). The predicted octanol–water partition coefficient (Wildman–Crippen LogP) is -1.22. The first-order chi connectivity index (χ1) is 8.02. The number of thioether (sulfide) groups is 1. The number of nitrogens with one attached hydrogen (secondary N) is 1. The fourth-order valence-corrected chi connectivity index (χ4v) is 1.86. The summed E-state index contributed by atoms with van der Waals surface area (Å²) in [6, 6.07) is -1.26. The molecule has 0 aliphatic heterocycles. The highest BCUT2D eigenvalue weighted by molar-refractivity contribution is 7.98. The largest absolute Gasteiger partial charge is 0.368 e. The molecular weight excluding hydrogens is 240 g/mol. The number of hydrogen-bond acceptors (Lipinski definition) is 5. The Morgan fingerprint density at radius 2 is 2.00 bits per heavy atom. The number of hydrogen-bond donors (Lipinski definition) is 4. The average molecular weight is 262 g/mol. The molecule has 0 bridgehead atoms. The average Bonchev–Trinajstić information content (AvgIpc) is 2.28. The monoisotopic (exact) mass is 262 g/mol. The summed E-state index contributed by atoms with van der Waals surface area (Å²) in [5.41, 5.74) is 16.2. The number of amides is 2. The lowest BCUT2D eigenvalue weighted by molar-refractivity contribution is -0.127. The minimum Gasteiger partial charge on any atom is -0.368 e. The molecule has 0 saturated heterocycles. The number of primary amides is 1. The molecule has 0 aliphatic carbocycles. The zero-order valence-electron chi connectivity index (χ0n) is 10.1. The van der Waals surface area contributed by atoms with Gasteiger partial charge in [-0.25, -0.2) is 0 Å². The van der Waals surface area contributed by atoms with Gasteiger partial charge >= 0.3 is 0 Å². The molecule has 7 N–H and O–H groups in total. The van der Waals surface area contributed by atoms with E-state index in [-0.39, 0.29) is 5.91 Å². The molecule has 0 heterocycles. The van der Waals surface area contributed by atoms with Crippen LogP contribution in [-0.2, 0) is 9.59 Å². The molecule has 2 amide bonds. The minimum atomic E-state index is -0.655. The predicted molar refractivity (Wildman–Crippen MR) is 70.4 cm³/mol. The smallest absolute Gasteiger partial charge is 0.240 e. The Labute approximate surface area is 106 Å². The molecule has 0 aromatic heterocycles. The molecule has 7 heteroatoms. The molecule has 0 fully saturated rings. The zero-order valence-corrected chi connectivity index (χ0v) is 11.0. The van der Waals surface area contributed by atoms with Crippen LogP contribution in [-0.4, -0.2) is 42.5 Å². The molecule has 17 heavy (non-hydrogen) atoms. The van der Waals surface area contributed by atoms with Crippen LogP contribution < -0.4 is 22.5 Å². The standard InChI is InChI=1S/C10H22N4O2S/c1-17-6-8(9(13)15)14-10(16)7(12)4-2-3-5-11/h7-8H,2-6,11-12H2,1H3,(H2,13,15)(H,14,16). The molecule has 0 aromatic rings. The van der Waals surface area contributed by atoms with E-state index in [1.165, 1.54) is 11.8 Å². The number of unbranched alkanes of at least 4 members (excludes halogenated alkanes) is 1. The third kappa shape index (κ3) is 7.19. The Morgan fingerprint density at radius 3 is 2.47 bits per heavy atom. The second-order valence-corrected chi connectivity index (χ2v) is 4.72. The highest BCUT2D eigenvalue weighted by atomic mass is 32.2. The van der Waals surface area contributed by atoms with E-state index in [0.717, 1.165) is 12.8 Å². The SMILES string of the molecule is CSCC(NC(=O)C(N)CCCCN)C(N)=O. The van der Waals surface area contributed by atoms with Gasteiger partial charge in [0.15, 0.2) is 0 Å². The fraction of sp³-hybridized carbons (Fsp3) is 0.800. The van der Waals surface area contributed by atoms with Crippen molar-refractivity contribution in [1.82, 2.24) is 5.32 Å². The lowest BCUT2D eigenvalue weighted by Gasteiger charge is -2.17. The molecular formula is C10H22N4O2S. The van der Waals surface area contributed by atoms with Crippen LogP contribution in [0, 0.1) is 0 Å². The van der Waals surface area contributed by atoms with Gasteiger partial charge < -0.3 is 22.5 Å². The summed E-state index contributed by atoms with van der Waals surface area (Å²) in [6.45, 7) is 0.588. The summed E-state index contributed by atoms with van der Waals surface area (Å²) in [5.74, 6) is -0.418. The first kappa shape index (κ1) is 16.2. The molecule has 0 aromatic carbocycles. The van der Waals surface area contributed by atoms with Gasteiger partial charge in [-0.15, -0.1) is 0 Å². The van der Waals surface area contributed by atoms with Crippen LogP contribution in [0.2, 0.25) is 0 Å². The Morgan fingerprint density at radius 1 is 1.35 bits per heavy atom. The Bertz CT molecular complexity index is 250. The van der Waals surface area contributed by atoms with Crippen LogP contribution in [0.3, 0.4) is 0 Å². The lowest BCUT2D eigenvalue weighted by atomic mass is 10.1. The maximum atomic E-state index is 11.6. The van der Waals surface area contributed by atoms with Crippen molar-refractivity contribution in [3.8, 4) is 0 Å². The maximum absolute atomic E-state index is 11.6. The highest BCUT2D eigenvalue weighted by Gasteiger charge is 2.20. The van der Waals surface area contributed by atoms with E-state index in [0.29, 0.717) is 18.7 Å². The summed E-state index contributed by atoms with van der Waals surface area (Å²) < 4.78 is 0. The van der Waals surface area contributed by atoms with Crippen LogP contribution in [0.4, 0.5) is 0 Å². The molecule has 2 unspecified atom stereocenters.